The first-order chi connectivity index (χ1) is 14.0. The van der Waals surface area contributed by atoms with E-state index in [0.29, 0.717) is 23.9 Å². The van der Waals surface area contributed by atoms with Gasteiger partial charge in [-0.25, -0.2) is 0 Å². The number of carbonyl (C=O) groups excluding carboxylic acids is 1. The Hall–Kier alpha value is -3.75. The first-order valence-electron chi connectivity index (χ1n) is 8.98. The maximum absolute atomic E-state index is 12.0. The summed E-state index contributed by atoms with van der Waals surface area (Å²) in [7, 11) is 0. The van der Waals surface area contributed by atoms with Crippen LogP contribution < -0.4 is 9.47 Å². The van der Waals surface area contributed by atoms with Crippen LogP contribution in [0.25, 0.3) is 11.4 Å². The maximum atomic E-state index is 12.0. The molecule has 9 nitrogen and oxygen atoms in total. The molecule has 3 rings (SSSR count). The summed E-state index contributed by atoms with van der Waals surface area (Å²) in [6.07, 6.45) is 0.246. The zero-order valence-corrected chi connectivity index (χ0v) is 16.0. The number of carbonyl (C=O) groups is 1. The number of nitrogens with zero attached hydrogens (tertiary/aromatic N) is 3. The number of esters is 1. The molecule has 2 aromatic carbocycles. The maximum Gasteiger partial charge on any atom is 0.311 e. The lowest BCUT2D eigenvalue weighted by Crippen LogP contribution is -2.09. The lowest BCUT2D eigenvalue weighted by atomic mass is 10.2. The lowest BCUT2D eigenvalue weighted by Gasteiger charge is -2.04. The van der Waals surface area contributed by atoms with E-state index in [0.717, 1.165) is 11.3 Å². The predicted molar refractivity (Wildman–Crippen MR) is 103 cm³/mol. The topological polar surface area (TPSA) is 118 Å². The van der Waals surface area contributed by atoms with Crippen LogP contribution in [0.15, 0.2) is 47.0 Å². The molecule has 0 radical (unpaired) electrons. The van der Waals surface area contributed by atoms with Crippen molar-refractivity contribution < 1.29 is 23.7 Å². The Kier molecular flexibility index (Phi) is 6.18. The molecule has 0 atom stereocenters. The third kappa shape index (κ3) is 5.16. The van der Waals surface area contributed by atoms with E-state index in [1.54, 1.807) is 6.92 Å². The highest BCUT2D eigenvalue weighted by atomic mass is 16.6. The van der Waals surface area contributed by atoms with Crippen LogP contribution in [0.1, 0.15) is 24.8 Å². The fourth-order valence-electron chi connectivity index (χ4n) is 2.63. The second-order valence-corrected chi connectivity index (χ2v) is 6.15. The van der Waals surface area contributed by atoms with Crippen molar-refractivity contribution in [3.8, 4) is 22.9 Å². The number of benzene rings is 2. The molecule has 0 aliphatic heterocycles. The minimum Gasteiger partial charge on any atom is -0.494 e. The molecule has 0 bridgehead atoms. The van der Waals surface area contributed by atoms with Crippen LogP contribution in [-0.2, 0) is 11.2 Å². The Bertz CT molecular complexity index is 1010. The molecule has 150 valence electrons. The number of ether oxygens (including phenoxy) is 2. The number of nitro groups is 1. The van der Waals surface area contributed by atoms with Gasteiger partial charge in [0.15, 0.2) is 0 Å². The lowest BCUT2D eigenvalue weighted by molar-refractivity contribution is -0.385. The third-order valence-electron chi connectivity index (χ3n) is 4.03. The predicted octanol–water partition coefficient (Wildman–Crippen LogP) is 3.89. The van der Waals surface area contributed by atoms with E-state index in [1.807, 2.05) is 31.2 Å². The van der Waals surface area contributed by atoms with E-state index in [4.69, 9.17) is 14.0 Å². The molecule has 1 aromatic heterocycles. The Morgan fingerprint density at radius 3 is 2.55 bits per heavy atom. The van der Waals surface area contributed by atoms with Crippen molar-refractivity contribution in [1.29, 1.82) is 0 Å². The van der Waals surface area contributed by atoms with E-state index < -0.39 is 10.9 Å². The molecular formula is C20H19N3O6. The van der Waals surface area contributed by atoms with Crippen molar-refractivity contribution in [2.45, 2.75) is 26.7 Å². The van der Waals surface area contributed by atoms with E-state index in [9.17, 15) is 14.9 Å². The van der Waals surface area contributed by atoms with Gasteiger partial charge in [0.25, 0.3) is 5.69 Å². The summed E-state index contributed by atoms with van der Waals surface area (Å²) in [6.45, 7) is 4.07. The number of hydrogen-bond donors (Lipinski definition) is 0. The van der Waals surface area contributed by atoms with Crippen molar-refractivity contribution in [1.82, 2.24) is 10.1 Å². The summed E-state index contributed by atoms with van der Waals surface area (Å²) < 4.78 is 15.8. The third-order valence-corrected chi connectivity index (χ3v) is 4.03. The van der Waals surface area contributed by atoms with Crippen molar-refractivity contribution in [3.05, 3.63) is 64.0 Å². The molecule has 0 unspecified atom stereocenters. The van der Waals surface area contributed by atoms with Crippen LogP contribution in [-0.4, -0.2) is 27.6 Å². The minimum absolute atomic E-state index is 0.0287. The summed E-state index contributed by atoms with van der Waals surface area (Å²) >= 11 is 0. The van der Waals surface area contributed by atoms with E-state index in [-0.39, 0.29) is 24.3 Å². The van der Waals surface area contributed by atoms with Crippen LogP contribution in [0.3, 0.4) is 0 Å². The highest BCUT2D eigenvalue weighted by Gasteiger charge is 2.15. The van der Waals surface area contributed by atoms with Crippen molar-refractivity contribution in [3.63, 3.8) is 0 Å². The number of aryl methyl sites for hydroxylation is 2. The zero-order chi connectivity index (χ0) is 20.8. The normalized spacial score (nSPS) is 10.6. The van der Waals surface area contributed by atoms with Gasteiger partial charge in [-0.1, -0.05) is 5.16 Å². The molecule has 0 spiro atoms. The Balaban J connectivity index is 1.56. The van der Waals surface area contributed by atoms with Crippen LogP contribution in [0, 0.1) is 17.0 Å². The molecule has 0 aliphatic rings. The van der Waals surface area contributed by atoms with Gasteiger partial charge in [-0.3, -0.25) is 14.9 Å². The van der Waals surface area contributed by atoms with Crippen LogP contribution in [0.5, 0.6) is 11.5 Å². The molecule has 0 fully saturated rings. The van der Waals surface area contributed by atoms with Gasteiger partial charge in [0.1, 0.15) is 11.5 Å². The fraction of sp³-hybridized carbons (Fsp3) is 0.250. The van der Waals surface area contributed by atoms with Crippen LogP contribution in [0.2, 0.25) is 0 Å². The molecular weight excluding hydrogens is 378 g/mol. The van der Waals surface area contributed by atoms with Gasteiger partial charge < -0.3 is 14.0 Å². The van der Waals surface area contributed by atoms with Gasteiger partial charge in [-0.05, 0) is 50.2 Å². The quantitative estimate of drug-likeness (QED) is 0.243. The van der Waals surface area contributed by atoms with Crippen LogP contribution in [0.4, 0.5) is 5.69 Å². The molecule has 0 saturated heterocycles. The van der Waals surface area contributed by atoms with Gasteiger partial charge in [-0.15, -0.1) is 0 Å². The molecule has 29 heavy (non-hydrogen) atoms. The number of aromatic nitrogens is 2. The molecule has 3 aromatic rings. The van der Waals surface area contributed by atoms with Gasteiger partial charge in [0.05, 0.1) is 18.0 Å². The van der Waals surface area contributed by atoms with Gasteiger partial charge >= 0.3 is 5.97 Å². The first kappa shape index (κ1) is 20.0. The minimum atomic E-state index is -0.501. The summed E-state index contributed by atoms with van der Waals surface area (Å²) in [5.74, 6) is 1.23. The van der Waals surface area contributed by atoms with Crippen molar-refractivity contribution in [2.24, 2.45) is 0 Å². The van der Waals surface area contributed by atoms with Gasteiger partial charge in [-0.2, -0.15) is 4.98 Å². The zero-order valence-electron chi connectivity index (χ0n) is 16.0. The average molecular weight is 397 g/mol. The molecule has 9 heteroatoms. The monoisotopic (exact) mass is 397 g/mol. The molecule has 0 saturated carbocycles. The second-order valence-electron chi connectivity index (χ2n) is 6.15. The summed E-state index contributed by atoms with van der Waals surface area (Å²) in [5.41, 5.74) is 1.15. The fourth-order valence-corrected chi connectivity index (χ4v) is 2.63. The molecule has 0 N–H and O–H groups in total. The van der Waals surface area contributed by atoms with Crippen molar-refractivity contribution in [2.75, 3.05) is 6.61 Å². The highest BCUT2D eigenvalue weighted by molar-refractivity contribution is 5.72. The largest absolute Gasteiger partial charge is 0.494 e. The van der Waals surface area contributed by atoms with Crippen LogP contribution >= 0.6 is 0 Å². The Morgan fingerprint density at radius 2 is 1.90 bits per heavy atom. The SMILES string of the molecule is CCOc1ccc(-c2noc(CCC(=O)Oc3ccc([N+](=O)[O-])c(C)c3)n2)cc1. The van der Waals surface area contributed by atoms with Gasteiger partial charge in [0.2, 0.25) is 11.7 Å². The Morgan fingerprint density at radius 1 is 1.17 bits per heavy atom. The molecule has 0 amide bonds. The van der Waals surface area contributed by atoms with Crippen molar-refractivity contribution >= 4 is 11.7 Å². The standard InChI is InChI=1S/C20H19N3O6/c1-3-27-15-6-4-14(5-7-15)20-21-18(29-22-20)10-11-19(24)28-16-8-9-17(23(25)26)13(2)12-16/h4-9,12H,3,10-11H2,1-2H3. The Labute approximate surface area is 166 Å². The second kappa shape index (κ2) is 8.96. The smallest absolute Gasteiger partial charge is 0.311 e. The van der Waals surface area contributed by atoms with E-state index in [1.165, 1.54) is 18.2 Å². The summed E-state index contributed by atoms with van der Waals surface area (Å²) in [4.78, 5) is 26.7. The summed E-state index contributed by atoms with van der Waals surface area (Å²) in [5, 5.41) is 14.8. The number of hydrogen-bond acceptors (Lipinski definition) is 8. The van der Waals surface area contributed by atoms with Gasteiger partial charge in [0, 0.05) is 23.6 Å². The average Bonchev–Trinajstić information content (AvgIpc) is 3.16. The van der Waals surface area contributed by atoms with E-state index in [2.05, 4.69) is 10.1 Å². The first-order valence-corrected chi connectivity index (χ1v) is 8.98. The number of rotatable bonds is 8. The summed E-state index contributed by atoms with van der Waals surface area (Å²) in [6, 6.07) is 11.4. The van der Waals surface area contributed by atoms with E-state index >= 15 is 0 Å². The molecule has 0 aliphatic carbocycles. The molecule has 1 heterocycles. The number of nitro benzene ring substituents is 1. The highest BCUT2D eigenvalue weighted by Crippen LogP contribution is 2.24.